The second-order valence-corrected chi connectivity index (χ2v) is 41.3. The van der Waals surface area contributed by atoms with Gasteiger partial charge in [-0.05, 0) is 134 Å². The maximum atomic E-state index is 13.7. The molecule has 0 bridgehead atoms. The zero-order valence-corrected chi connectivity index (χ0v) is 55.2. The molecule has 0 N–H and O–H groups in total. The van der Waals surface area contributed by atoms with E-state index in [1.165, 1.54) is 0 Å². The van der Waals surface area contributed by atoms with Crippen LogP contribution in [0.25, 0.3) is 33.1 Å². The van der Waals surface area contributed by atoms with Crippen LogP contribution in [0.1, 0.15) is 174 Å². The van der Waals surface area contributed by atoms with Crippen molar-refractivity contribution in [3.05, 3.63) is 70.8 Å². The Morgan fingerprint density at radius 3 is 1.18 bits per heavy atom. The topological polar surface area (TPSA) is 133 Å². The molecule has 1 saturated heterocycles. The van der Waals surface area contributed by atoms with Gasteiger partial charge < -0.3 is 31.4 Å². The van der Waals surface area contributed by atoms with Crippen molar-refractivity contribution in [1.29, 1.82) is 0 Å². The van der Waals surface area contributed by atoms with Gasteiger partial charge in [-0.1, -0.05) is 148 Å². The minimum atomic E-state index is -2.39. The SMILES string of the molecule is CCC1(CC)OP(Oc2c(-c3cc(C(C)(C)C)cc([Si](C)(C)C)c3Op3oc4c(C(C)(C)C)cc(OC(=O)C(C)(C)C)cc4c4cc(OC(=O)C(C)(C)C)cc(C(C)(C)C)c4o3)cc(C(C)(C)C)cc2[Si](C)(C)C)OC1=O. The molecule has 1 fully saturated rings. The van der Waals surface area contributed by atoms with Crippen LogP contribution < -0.4 is 28.9 Å². The molecule has 1 atom stereocenters. The Morgan fingerprint density at radius 1 is 0.519 bits per heavy atom. The number of esters is 2. The van der Waals surface area contributed by atoms with Crippen LogP contribution in [0.2, 0.25) is 39.3 Å². The van der Waals surface area contributed by atoms with E-state index < -0.39 is 78.2 Å². The lowest BCUT2D eigenvalue weighted by atomic mass is 9.83. The number of fused-ring (bicyclic) bond motifs is 3. The Kier molecular flexibility index (Phi) is 16.8. The van der Waals surface area contributed by atoms with E-state index in [1.54, 1.807) is 0 Å². The number of carbonyl (C=O) groups is 3. The van der Waals surface area contributed by atoms with Gasteiger partial charge in [0, 0.05) is 33.0 Å². The Morgan fingerprint density at radius 2 is 0.883 bits per heavy atom. The third-order valence-corrected chi connectivity index (χ3v) is 20.2. The summed E-state index contributed by atoms with van der Waals surface area (Å²) in [6, 6.07) is 16.4. The molecule has 1 aliphatic heterocycles. The summed E-state index contributed by atoms with van der Waals surface area (Å²) in [7, 11) is -9.22. The van der Waals surface area contributed by atoms with Gasteiger partial charge in [0.25, 0.3) is 0 Å². The monoisotopic (exact) mass is 1130 g/mol. The van der Waals surface area contributed by atoms with E-state index >= 15 is 0 Å². The average molecular weight is 1130 g/mol. The van der Waals surface area contributed by atoms with Crippen molar-refractivity contribution in [3.63, 3.8) is 0 Å². The van der Waals surface area contributed by atoms with Crippen LogP contribution in [0, 0.1) is 10.8 Å². The van der Waals surface area contributed by atoms with Gasteiger partial charge in [0.05, 0.1) is 27.0 Å². The Bertz CT molecular complexity index is 3040. The molecule has 0 saturated carbocycles. The van der Waals surface area contributed by atoms with Crippen molar-refractivity contribution in [1.82, 2.24) is 0 Å². The Hall–Kier alpha value is -4.39. The van der Waals surface area contributed by atoms with Crippen molar-refractivity contribution in [2.75, 3.05) is 0 Å². The van der Waals surface area contributed by atoms with Crippen LogP contribution >= 0.6 is 16.8 Å². The van der Waals surface area contributed by atoms with Gasteiger partial charge in [0.1, 0.15) is 34.2 Å². The number of ether oxygens (including phenoxy) is 2. The maximum Gasteiger partial charge on any atom is 0.466 e. The van der Waals surface area contributed by atoms with Crippen molar-refractivity contribution in [2.24, 2.45) is 10.8 Å². The zero-order chi connectivity index (χ0) is 58.4. The van der Waals surface area contributed by atoms with Crippen LogP contribution in [0.4, 0.5) is 0 Å². The van der Waals surface area contributed by atoms with E-state index in [0.717, 1.165) is 43.8 Å². The first kappa shape index (κ1) is 61.8. The van der Waals surface area contributed by atoms with E-state index in [4.69, 9.17) is 36.0 Å². The average Bonchev–Trinajstić information content (AvgIpc) is 3.49. The molecule has 2 heterocycles. The van der Waals surface area contributed by atoms with E-state index in [9.17, 15) is 14.4 Å². The molecule has 1 unspecified atom stereocenters. The largest absolute Gasteiger partial charge is 0.466 e. The molecule has 5 aromatic rings. The van der Waals surface area contributed by atoms with Gasteiger partial charge >= 0.3 is 34.8 Å². The van der Waals surface area contributed by atoms with Gasteiger partial charge in [-0.25, -0.2) is 4.79 Å². The molecular weight excluding hydrogens is 1040 g/mol. The van der Waals surface area contributed by atoms with Gasteiger partial charge in [-0.3, -0.25) is 14.1 Å². The van der Waals surface area contributed by atoms with Crippen molar-refractivity contribution < 1.29 is 50.3 Å². The lowest BCUT2D eigenvalue weighted by Gasteiger charge is -2.31. The highest BCUT2D eigenvalue weighted by molar-refractivity contribution is 7.43. The summed E-state index contributed by atoms with van der Waals surface area (Å²) in [5.74, 6) is 0.667. The molecule has 422 valence electrons. The van der Waals surface area contributed by atoms with Crippen molar-refractivity contribution in [3.8, 4) is 34.1 Å². The fourth-order valence-corrected chi connectivity index (χ4v) is 14.4. The highest BCUT2D eigenvalue weighted by atomic mass is 31.2. The molecule has 11 nitrogen and oxygen atoms in total. The molecule has 0 aliphatic carbocycles. The van der Waals surface area contributed by atoms with E-state index in [0.29, 0.717) is 57.8 Å². The first-order valence-corrected chi connectivity index (χ1v) is 36.4. The van der Waals surface area contributed by atoms with E-state index in [2.05, 4.69) is 147 Å². The number of benzene rings is 4. The zero-order valence-electron chi connectivity index (χ0n) is 51.4. The van der Waals surface area contributed by atoms with Gasteiger partial charge in [-0.2, -0.15) is 0 Å². The summed E-state index contributed by atoms with van der Waals surface area (Å²) in [5.41, 5.74) is 1.83. The van der Waals surface area contributed by atoms with E-state index in [-0.39, 0.29) is 10.8 Å². The minimum Gasteiger partial charge on any atom is -0.426 e. The summed E-state index contributed by atoms with van der Waals surface area (Å²) in [5, 5.41) is 3.28. The number of hydrogen-bond donors (Lipinski definition) is 0. The number of hydrogen-bond acceptors (Lipinski definition) is 11. The second-order valence-electron chi connectivity index (χ2n) is 29.3. The molecule has 4 aromatic carbocycles. The fraction of sp³-hybridized carbons (Fsp3) is 0.565. The number of rotatable bonds is 11. The summed E-state index contributed by atoms with van der Waals surface area (Å²) in [6.45, 7) is 54.5. The summed E-state index contributed by atoms with van der Waals surface area (Å²) in [6.07, 6.45) is 0.895. The normalized spacial score (nSPS) is 15.9. The highest BCUT2D eigenvalue weighted by Crippen LogP contribution is 2.56. The smallest absolute Gasteiger partial charge is 0.426 e. The Balaban J connectivity index is 1.86. The van der Waals surface area contributed by atoms with Crippen LogP contribution in [0.15, 0.2) is 56.9 Å². The van der Waals surface area contributed by atoms with Gasteiger partial charge in [-0.15, -0.1) is 0 Å². The van der Waals surface area contributed by atoms with Crippen molar-refractivity contribution >= 4 is 83.2 Å². The van der Waals surface area contributed by atoms with Crippen LogP contribution in [0.5, 0.6) is 23.0 Å². The Labute approximate surface area is 464 Å². The van der Waals surface area contributed by atoms with Crippen molar-refractivity contribution in [2.45, 2.75) is 218 Å². The molecule has 15 heteroatoms. The second kappa shape index (κ2) is 20.9. The third-order valence-electron chi connectivity index (χ3n) is 14.1. The fourth-order valence-electron chi connectivity index (χ4n) is 8.80. The van der Waals surface area contributed by atoms with Crippen LogP contribution in [0.3, 0.4) is 0 Å². The quantitative estimate of drug-likeness (QED) is 0.0542. The first-order chi connectivity index (χ1) is 34.8. The minimum absolute atomic E-state index is 0.287. The predicted octanol–water partition coefficient (Wildman–Crippen LogP) is 17.7. The summed E-state index contributed by atoms with van der Waals surface area (Å²) >= 11 is 0. The van der Waals surface area contributed by atoms with Gasteiger partial charge in [0.2, 0.25) is 0 Å². The third kappa shape index (κ3) is 13.5. The standard InChI is InChI=1S/C62H90O11P2Si2/c1-27-62(28-2)55(65)72-75(73-62)71-52-42(30-38(57(6,7)8)32-48(52)77(24,25)26)41-29-37(56(3,4)5)31-47(76(21,22)23)51(41)70-74-68-49-43(33-39(35-45(49)58(9,10)11)66-53(63)60(15,16)17)44-34-40(67-54(64)61(18,19)20)36-46(50(44)69-74)59(12,13)14/h29-36H,27-28H2,1-26H3. The van der Waals surface area contributed by atoms with Crippen LogP contribution in [-0.4, -0.2) is 39.7 Å². The summed E-state index contributed by atoms with van der Waals surface area (Å²) < 4.78 is 54.6. The van der Waals surface area contributed by atoms with Gasteiger partial charge in [0.15, 0.2) is 5.60 Å². The molecule has 0 radical (unpaired) electrons. The number of carbonyl (C=O) groups excluding carboxylic acids is 3. The predicted molar refractivity (Wildman–Crippen MR) is 323 cm³/mol. The summed E-state index contributed by atoms with van der Waals surface area (Å²) in [4.78, 5) is 41.1. The molecule has 77 heavy (non-hydrogen) atoms. The lowest BCUT2D eigenvalue weighted by molar-refractivity contribution is -0.144. The molecular formula is C62H90O11P2Si2. The van der Waals surface area contributed by atoms with E-state index in [1.807, 2.05) is 79.7 Å². The molecule has 0 amide bonds. The van der Waals surface area contributed by atoms with Crippen LogP contribution in [-0.2, 0) is 45.1 Å². The molecule has 6 rings (SSSR count). The molecule has 1 aromatic heterocycles. The first-order valence-electron chi connectivity index (χ1n) is 27.2. The molecule has 1 aliphatic rings. The molecule has 0 spiro atoms. The maximum absolute atomic E-state index is 13.7. The lowest BCUT2D eigenvalue weighted by Crippen LogP contribution is -2.40. The highest BCUT2D eigenvalue weighted by Gasteiger charge is 2.51.